The van der Waals surface area contributed by atoms with Crippen molar-refractivity contribution in [1.82, 2.24) is 9.80 Å². The molecule has 0 aliphatic carbocycles. The first-order valence-corrected chi connectivity index (χ1v) is 15.8. The number of nitrogens with zero attached hydrogens (tertiary/aromatic N) is 2. The SMILES string of the molecule is NS(=O)(=O)c1ccc(CCN(CCC(=O)O)C(=O)c2ccccc2-c2ccccc2C(=O)N2CCc3ccccc3C2)cc1. The number of fused-ring (bicyclic) bond motifs is 1. The van der Waals surface area contributed by atoms with Crippen molar-refractivity contribution < 1.29 is 27.9 Å². The number of aliphatic carboxylic acids is 1. The van der Waals surface area contributed by atoms with Gasteiger partial charge in [-0.2, -0.15) is 0 Å². The third kappa shape index (κ3) is 7.04. The highest BCUT2D eigenvalue weighted by Gasteiger charge is 2.26. The number of hydrogen-bond acceptors (Lipinski definition) is 5. The summed E-state index contributed by atoms with van der Waals surface area (Å²) >= 11 is 0. The third-order valence-electron chi connectivity index (χ3n) is 7.83. The van der Waals surface area contributed by atoms with Gasteiger partial charge in [0.05, 0.1) is 11.3 Å². The van der Waals surface area contributed by atoms with Crippen LogP contribution in [0.5, 0.6) is 0 Å². The Hall–Kier alpha value is -4.80. The molecule has 0 saturated heterocycles. The predicted octanol–water partition coefficient (Wildman–Crippen LogP) is 4.36. The van der Waals surface area contributed by atoms with Gasteiger partial charge in [-0.05, 0) is 64.9 Å². The molecule has 1 aliphatic heterocycles. The standard InChI is InChI=1S/C34H33N3O6S/c35-44(42,43)27-15-13-24(14-16-27)17-20-36(22-19-32(38)39)33(40)30-11-5-3-9-28(30)29-10-4-6-12-31(29)34(41)37-21-18-25-7-1-2-8-26(25)23-37/h1-16H,17-23H2,(H,38,39)(H2,35,42,43). The molecule has 5 rings (SSSR count). The Balaban J connectivity index is 1.42. The molecule has 1 aliphatic rings. The van der Waals surface area contributed by atoms with Crippen LogP contribution in [0.25, 0.3) is 11.1 Å². The molecule has 4 aromatic rings. The van der Waals surface area contributed by atoms with Crippen molar-refractivity contribution >= 4 is 27.8 Å². The van der Waals surface area contributed by atoms with Crippen LogP contribution in [0.1, 0.15) is 43.8 Å². The number of carbonyl (C=O) groups is 3. The quantitative estimate of drug-likeness (QED) is 0.273. The van der Waals surface area contributed by atoms with E-state index in [0.717, 1.165) is 17.5 Å². The van der Waals surface area contributed by atoms with Gasteiger partial charge in [-0.3, -0.25) is 14.4 Å². The summed E-state index contributed by atoms with van der Waals surface area (Å²) in [4.78, 5) is 42.6. The van der Waals surface area contributed by atoms with Gasteiger partial charge in [0, 0.05) is 37.3 Å². The first kappa shape index (κ1) is 30.7. The largest absolute Gasteiger partial charge is 0.481 e. The van der Waals surface area contributed by atoms with Crippen molar-refractivity contribution in [2.75, 3.05) is 19.6 Å². The van der Waals surface area contributed by atoms with E-state index < -0.39 is 16.0 Å². The van der Waals surface area contributed by atoms with E-state index in [0.29, 0.717) is 41.8 Å². The number of nitrogens with two attached hydrogens (primary N) is 1. The monoisotopic (exact) mass is 611 g/mol. The van der Waals surface area contributed by atoms with Gasteiger partial charge >= 0.3 is 5.97 Å². The fourth-order valence-corrected chi connectivity index (χ4v) is 5.99. The number of benzene rings is 4. The van der Waals surface area contributed by atoms with Crippen LogP contribution < -0.4 is 5.14 Å². The summed E-state index contributed by atoms with van der Waals surface area (Å²) in [6.45, 7) is 1.27. The van der Waals surface area contributed by atoms with E-state index in [9.17, 15) is 27.9 Å². The molecule has 3 N–H and O–H groups in total. The van der Waals surface area contributed by atoms with Gasteiger partial charge in [0.15, 0.2) is 0 Å². The Morgan fingerprint density at radius 1 is 0.773 bits per heavy atom. The van der Waals surface area contributed by atoms with Gasteiger partial charge in [0.1, 0.15) is 0 Å². The number of primary sulfonamides is 1. The molecular formula is C34H33N3O6S. The molecule has 0 bridgehead atoms. The Bertz CT molecular complexity index is 1800. The number of hydrogen-bond donors (Lipinski definition) is 2. The van der Waals surface area contributed by atoms with Gasteiger partial charge in [-0.25, -0.2) is 13.6 Å². The van der Waals surface area contributed by atoms with Crippen LogP contribution in [0.4, 0.5) is 0 Å². The molecule has 10 heteroatoms. The molecule has 0 spiro atoms. The Morgan fingerprint density at radius 3 is 2.02 bits per heavy atom. The number of amides is 2. The van der Waals surface area contributed by atoms with Crippen LogP contribution in [0.2, 0.25) is 0 Å². The molecule has 0 aromatic heterocycles. The van der Waals surface area contributed by atoms with E-state index in [1.807, 2.05) is 35.2 Å². The minimum atomic E-state index is -3.84. The smallest absolute Gasteiger partial charge is 0.305 e. The number of sulfonamides is 1. The van der Waals surface area contributed by atoms with Crippen molar-refractivity contribution in [3.05, 3.63) is 125 Å². The normalized spacial score (nSPS) is 12.8. The Morgan fingerprint density at radius 2 is 1.36 bits per heavy atom. The van der Waals surface area contributed by atoms with E-state index in [4.69, 9.17) is 5.14 Å². The number of rotatable bonds is 10. The molecule has 0 radical (unpaired) electrons. The summed E-state index contributed by atoms with van der Waals surface area (Å²) in [6.07, 6.45) is 0.885. The van der Waals surface area contributed by atoms with Gasteiger partial charge in [0.2, 0.25) is 10.0 Å². The van der Waals surface area contributed by atoms with Crippen LogP contribution >= 0.6 is 0 Å². The van der Waals surface area contributed by atoms with Crippen molar-refractivity contribution in [1.29, 1.82) is 0 Å². The van der Waals surface area contributed by atoms with Gasteiger partial charge in [-0.15, -0.1) is 0 Å². The van der Waals surface area contributed by atoms with Crippen LogP contribution in [-0.2, 0) is 34.2 Å². The molecular weight excluding hydrogens is 578 g/mol. The summed E-state index contributed by atoms with van der Waals surface area (Å²) in [5, 5.41) is 14.6. The first-order chi connectivity index (χ1) is 21.1. The average molecular weight is 612 g/mol. The molecule has 2 amide bonds. The zero-order valence-electron chi connectivity index (χ0n) is 24.1. The van der Waals surface area contributed by atoms with E-state index in [2.05, 4.69) is 6.07 Å². The summed E-state index contributed by atoms with van der Waals surface area (Å²) in [7, 11) is -3.84. The van der Waals surface area contributed by atoms with Crippen LogP contribution in [-0.4, -0.2) is 60.7 Å². The zero-order valence-corrected chi connectivity index (χ0v) is 24.9. The average Bonchev–Trinajstić information content (AvgIpc) is 3.03. The fraction of sp³-hybridized carbons (Fsp3) is 0.206. The number of carboxylic acids is 1. The predicted molar refractivity (Wildman–Crippen MR) is 166 cm³/mol. The number of carboxylic acid groups (broad SMARTS) is 1. The van der Waals surface area contributed by atoms with E-state index in [1.54, 1.807) is 48.5 Å². The molecule has 9 nitrogen and oxygen atoms in total. The lowest BCUT2D eigenvalue weighted by atomic mass is 9.93. The molecule has 0 atom stereocenters. The summed E-state index contributed by atoms with van der Waals surface area (Å²) in [5.74, 6) is -1.52. The van der Waals surface area contributed by atoms with Crippen molar-refractivity contribution in [2.45, 2.75) is 30.7 Å². The highest BCUT2D eigenvalue weighted by atomic mass is 32.2. The Labute approximate surface area is 256 Å². The number of carbonyl (C=O) groups excluding carboxylic acids is 2. The first-order valence-electron chi connectivity index (χ1n) is 14.3. The van der Waals surface area contributed by atoms with Crippen LogP contribution in [0.15, 0.2) is 102 Å². The maximum Gasteiger partial charge on any atom is 0.305 e. The second-order valence-corrected chi connectivity index (χ2v) is 12.3. The Kier molecular flexibility index (Phi) is 9.22. The topological polar surface area (TPSA) is 138 Å². The lowest BCUT2D eigenvalue weighted by molar-refractivity contribution is -0.137. The maximum absolute atomic E-state index is 14.0. The molecule has 0 saturated carbocycles. The lowest BCUT2D eigenvalue weighted by Crippen LogP contribution is -2.36. The molecule has 226 valence electrons. The van der Waals surface area contributed by atoms with Gasteiger partial charge in [-0.1, -0.05) is 72.8 Å². The highest BCUT2D eigenvalue weighted by molar-refractivity contribution is 7.89. The molecule has 0 unspecified atom stereocenters. The second-order valence-electron chi connectivity index (χ2n) is 10.7. The molecule has 4 aromatic carbocycles. The molecule has 1 heterocycles. The summed E-state index contributed by atoms with van der Waals surface area (Å²) in [6, 6.07) is 28.4. The van der Waals surface area contributed by atoms with Crippen molar-refractivity contribution in [3.63, 3.8) is 0 Å². The second kappa shape index (κ2) is 13.2. The minimum absolute atomic E-state index is 0.0176. The molecule has 0 fully saturated rings. The summed E-state index contributed by atoms with van der Waals surface area (Å²) in [5.41, 5.74) is 5.16. The van der Waals surface area contributed by atoms with Gasteiger partial charge < -0.3 is 14.9 Å². The van der Waals surface area contributed by atoms with Crippen molar-refractivity contribution in [3.8, 4) is 11.1 Å². The minimum Gasteiger partial charge on any atom is -0.481 e. The van der Waals surface area contributed by atoms with Crippen molar-refractivity contribution in [2.24, 2.45) is 5.14 Å². The van der Waals surface area contributed by atoms with Crippen LogP contribution in [0, 0.1) is 0 Å². The lowest BCUT2D eigenvalue weighted by Gasteiger charge is -2.30. The van der Waals surface area contributed by atoms with E-state index >= 15 is 0 Å². The maximum atomic E-state index is 14.0. The third-order valence-corrected chi connectivity index (χ3v) is 8.76. The van der Waals surface area contributed by atoms with Crippen LogP contribution in [0.3, 0.4) is 0 Å². The van der Waals surface area contributed by atoms with E-state index in [-0.39, 0.29) is 36.2 Å². The molecule has 44 heavy (non-hydrogen) atoms. The van der Waals surface area contributed by atoms with Gasteiger partial charge in [0.25, 0.3) is 11.8 Å². The highest BCUT2D eigenvalue weighted by Crippen LogP contribution is 2.30. The van der Waals surface area contributed by atoms with E-state index in [1.165, 1.54) is 22.6 Å². The fourth-order valence-electron chi connectivity index (χ4n) is 5.47. The zero-order chi connectivity index (χ0) is 31.3. The summed E-state index contributed by atoms with van der Waals surface area (Å²) < 4.78 is 23.2.